The number of carbonyl (C=O) groups is 1. The molecule has 1 rings (SSSR count). The fourth-order valence-electron chi connectivity index (χ4n) is 1.03. The van der Waals surface area contributed by atoms with E-state index in [2.05, 4.69) is 20.7 Å². The Morgan fingerprint density at radius 2 is 2.60 bits per heavy atom. The van der Waals surface area contributed by atoms with E-state index in [9.17, 15) is 9.90 Å². The van der Waals surface area contributed by atoms with Gasteiger partial charge in [-0.3, -0.25) is 4.79 Å². The van der Waals surface area contributed by atoms with Crippen LogP contribution < -0.4 is 5.32 Å². The zero-order valence-electron chi connectivity index (χ0n) is 8.43. The summed E-state index contributed by atoms with van der Waals surface area (Å²) in [6, 6.07) is 0. The first-order chi connectivity index (χ1) is 7.24. The maximum Gasteiger partial charge on any atom is 0.273 e. The van der Waals surface area contributed by atoms with Crippen molar-refractivity contribution in [2.75, 3.05) is 20.3 Å². The molecule has 1 aromatic rings. The van der Waals surface area contributed by atoms with E-state index >= 15 is 0 Å². The normalized spacial score (nSPS) is 12.4. The van der Waals surface area contributed by atoms with E-state index in [1.807, 2.05) is 0 Å². The van der Waals surface area contributed by atoms with E-state index in [-0.39, 0.29) is 18.2 Å². The third kappa shape index (κ3) is 4.05. The molecule has 7 heteroatoms. The lowest BCUT2D eigenvalue weighted by molar-refractivity contribution is 0.0587. The van der Waals surface area contributed by atoms with Gasteiger partial charge in [0.05, 0.1) is 18.9 Å². The summed E-state index contributed by atoms with van der Waals surface area (Å²) in [7, 11) is 1.51. The number of carbonyl (C=O) groups excluding carboxylic acids is 1. The molecule has 0 saturated carbocycles. The molecule has 0 radical (unpaired) electrons. The third-order valence-electron chi connectivity index (χ3n) is 1.77. The van der Waals surface area contributed by atoms with Gasteiger partial charge in [0.2, 0.25) is 0 Å². The molecule has 0 aliphatic carbocycles. The van der Waals surface area contributed by atoms with Gasteiger partial charge in [0.25, 0.3) is 5.91 Å². The van der Waals surface area contributed by atoms with Gasteiger partial charge in [-0.25, -0.2) is 0 Å². The summed E-state index contributed by atoms with van der Waals surface area (Å²) in [5.74, 6) is -0.312. The highest BCUT2D eigenvalue weighted by molar-refractivity contribution is 5.91. The van der Waals surface area contributed by atoms with Gasteiger partial charge in [0.1, 0.15) is 0 Å². The molecule has 0 aliphatic heterocycles. The highest BCUT2D eigenvalue weighted by Crippen LogP contribution is 1.92. The lowest BCUT2D eigenvalue weighted by Crippen LogP contribution is -2.28. The van der Waals surface area contributed by atoms with Crippen molar-refractivity contribution >= 4 is 5.91 Å². The van der Waals surface area contributed by atoms with Crippen LogP contribution in [-0.4, -0.2) is 52.8 Å². The van der Waals surface area contributed by atoms with Gasteiger partial charge in [0.15, 0.2) is 5.69 Å². The van der Waals surface area contributed by atoms with Gasteiger partial charge in [-0.1, -0.05) is 0 Å². The minimum atomic E-state index is -0.562. The largest absolute Gasteiger partial charge is 0.391 e. The molecule has 0 saturated heterocycles. The van der Waals surface area contributed by atoms with Gasteiger partial charge >= 0.3 is 0 Å². The molecule has 1 atom stereocenters. The number of ether oxygens (including phenoxy) is 1. The molecule has 84 valence electrons. The van der Waals surface area contributed by atoms with Crippen molar-refractivity contribution < 1.29 is 14.6 Å². The summed E-state index contributed by atoms with van der Waals surface area (Å²) < 4.78 is 4.74. The summed E-state index contributed by atoms with van der Waals surface area (Å²) in [6.07, 6.45) is 1.21. The van der Waals surface area contributed by atoms with Crippen LogP contribution in [0.15, 0.2) is 6.20 Å². The van der Waals surface area contributed by atoms with Crippen LogP contribution in [0.1, 0.15) is 16.9 Å². The van der Waals surface area contributed by atoms with Crippen LogP contribution in [0.5, 0.6) is 0 Å². The topological polar surface area (TPSA) is 100 Å². The van der Waals surface area contributed by atoms with E-state index in [0.29, 0.717) is 13.0 Å². The molecule has 1 heterocycles. The number of amides is 1. The Hall–Kier alpha value is -1.47. The molecule has 3 N–H and O–H groups in total. The van der Waals surface area contributed by atoms with E-state index in [1.54, 1.807) is 0 Å². The minimum Gasteiger partial charge on any atom is -0.391 e. The second-order valence-electron chi connectivity index (χ2n) is 3.01. The number of aromatic nitrogens is 3. The Labute approximate surface area is 86.8 Å². The standard InChI is InChI=1S/C8H14N4O3/c1-15-5-6(13)2-3-9-8(14)7-4-10-12-11-7/h4,6,13H,2-3,5H2,1H3,(H,9,14)(H,10,11,12). The fourth-order valence-corrected chi connectivity index (χ4v) is 1.03. The molecular weight excluding hydrogens is 200 g/mol. The van der Waals surface area contributed by atoms with Crippen molar-refractivity contribution in [3.8, 4) is 0 Å². The number of nitrogens with zero attached hydrogens (tertiary/aromatic N) is 2. The zero-order valence-corrected chi connectivity index (χ0v) is 8.43. The molecule has 1 unspecified atom stereocenters. The Morgan fingerprint density at radius 3 is 3.20 bits per heavy atom. The van der Waals surface area contributed by atoms with Crippen molar-refractivity contribution in [3.05, 3.63) is 11.9 Å². The number of nitrogens with one attached hydrogen (secondary N) is 2. The van der Waals surface area contributed by atoms with Gasteiger partial charge < -0.3 is 15.2 Å². The summed E-state index contributed by atoms with van der Waals surface area (Å²) in [6.45, 7) is 0.635. The molecular formula is C8H14N4O3. The van der Waals surface area contributed by atoms with Crippen LogP contribution in [0.4, 0.5) is 0 Å². The monoisotopic (exact) mass is 214 g/mol. The highest BCUT2D eigenvalue weighted by atomic mass is 16.5. The average molecular weight is 214 g/mol. The van der Waals surface area contributed by atoms with E-state index < -0.39 is 6.10 Å². The number of aromatic amines is 1. The van der Waals surface area contributed by atoms with E-state index in [0.717, 1.165) is 0 Å². The number of H-pyrrole nitrogens is 1. The van der Waals surface area contributed by atoms with Crippen LogP contribution >= 0.6 is 0 Å². The molecule has 1 aromatic heterocycles. The van der Waals surface area contributed by atoms with Gasteiger partial charge in [-0.2, -0.15) is 15.4 Å². The predicted molar refractivity (Wildman–Crippen MR) is 51.2 cm³/mol. The smallest absolute Gasteiger partial charge is 0.273 e. The molecule has 0 spiro atoms. The fraction of sp³-hybridized carbons (Fsp3) is 0.625. The molecule has 0 aliphatic rings. The Morgan fingerprint density at radius 1 is 1.80 bits per heavy atom. The zero-order chi connectivity index (χ0) is 11.1. The number of rotatable bonds is 6. The molecule has 1 amide bonds. The second-order valence-corrected chi connectivity index (χ2v) is 3.01. The lowest BCUT2D eigenvalue weighted by Gasteiger charge is -2.08. The first kappa shape index (κ1) is 11.6. The van der Waals surface area contributed by atoms with Crippen LogP contribution in [0, 0.1) is 0 Å². The van der Waals surface area contributed by atoms with Gasteiger partial charge in [0, 0.05) is 13.7 Å². The van der Waals surface area contributed by atoms with Crippen LogP contribution in [0.25, 0.3) is 0 Å². The van der Waals surface area contributed by atoms with E-state index in [4.69, 9.17) is 4.74 Å². The number of aliphatic hydroxyl groups is 1. The molecule has 0 fully saturated rings. The number of methoxy groups -OCH3 is 1. The van der Waals surface area contributed by atoms with Crippen LogP contribution in [-0.2, 0) is 4.74 Å². The second kappa shape index (κ2) is 6.10. The van der Waals surface area contributed by atoms with Crippen molar-refractivity contribution in [2.24, 2.45) is 0 Å². The number of hydrogen-bond donors (Lipinski definition) is 3. The van der Waals surface area contributed by atoms with Crippen LogP contribution in [0.3, 0.4) is 0 Å². The number of hydrogen-bond acceptors (Lipinski definition) is 5. The van der Waals surface area contributed by atoms with Crippen LogP contribution in [0.2, 0.25) is 0 Å². The van der Waals surface area contributed by atoms with Crippen molar-refractivity contribution in [2.45, 2.75) is 12.5 Å². The lowest BCUT2D eigenvalue weighted by atomic mass is 10.2. The minimum absolute atomic E-state index is 0.233. The maximum absolute atomic E-state index is 11.3. The Balaban J connectivity index is 2.18. The summed E-state index contributed by atoms with van der Waals surface area (Å²) in [5, 5.41) is 21.3. The molecule has 7 nitrogen and oxygen atoms in total. The molecule has 0 aromatic carbocycles. The van der Waals surface area contributed by atoms with Crippen molar-refractivity contribution in [1.82, 2.24) is 20.7 Å². The van der Waals surface area contributed by atoms with E-state index in [1.165, 1.54) is 13.3 Å². The Kier molecular flexibility index (Phi) is 4.72. The van der Waals surface area contributed by atoms with Gasteiger partial charge in [-0.05, 0) is 6.42 Å². The van der Waals surface area contributed by atoms with Gasteiger partial charge in [-0.15, -0.1) is 0 Å². The summed E-state index contributed by atoms with van der Waals surface area (Å²) in [5.41, 5.74) is 0.233. The molecule has 0 bridgehead atoms. The maximum atomic E-state index is 11.3. The SMILES string of the molecule is COCC(O)CCNC(=O)c1cn[nH]n1. The molecule has 15 heavy (non-hydrogen) atoms. The first-order valence-corrected chi connectivity index (χ1v) is 4.55. The quantitative estimate of drug-likeness (QED) is 0.560. The third-order valence-corrected chi connectivity index (χ3v) is 1.77. The summed E-state index contributed by atoms with van der Waals surface area (Å²) >= 11 is 0. The summed E-state index contributed by atoms with van der Waals surface area (Å²) in [4.78, 5) is 11.3. The Bertz CT molecular complexity index is 288. The average Bonchev–Trinajstić information content (AvgIpc) is 2.70. The highest BCUT2D eigenvalue weighted by Gasteiger charge is 2.08. The van der Waals surface area contributed by atoms with Crippen molar-refractivity contribution in [3.63, 3.8) is 0 Å². The predicted octanol–water partition coefficient (Wildman–Crippen LogP) is -1.07. The van der Waals surface area contributed by atoms with Crippen molar-refractivity contribution in [1.29, 1.82) is 0 Å². The first-order valence-electron chi connectivity index (χ1n) is 4.55. The number of aliphatic hydroxyl groups excluding tert-OH is 1.